The zero-order valence-electron chi connectivity index (χ0n) is 15.8. The summed E-state index contributed by atoms with van der Waals surface area (Å²) >= 11 is 0. The summed E-state index contributed by atoms with van der Waals surface area (Å²) in [5.41, 5.74) is 0.786. The van der Waals surface area contributed by atoms with E-state index in [2.05, 4.69) is 35.3 Å². The van der Waals surface area contributed by atoms with Gasteiger partial charge in [0.05, 0.1) is 0 Å². The summed E-state index contributed by atoms with van der Waals surface area (Å²) in [6, 6.07) is 11.3. The van der Waals surface area contributed by atoms with Crippen LogP contribution in [0, 0.1) is 0 Å². The van der Waals surface area contributed by atoms with Crippen molar-refractivity contribution < 1.29 is 26.3 Å². The van der Waals surface area contributed by atoms with Gasteiger partial charge in [-0.25, -0.2) is 13.1 Å². The van der Waals surface area contributed by atoms with Crippen molar-refractivity contribution in [1.29, 1.82) is 0 Å². The van der Waals surface area contributed by atoms with Gasteiger partial charge in [-0.3, -0.25) is 4.98 Å². The van der Waals surface area contributed by atoms with Crippen LogP contribution in [-0.4, -0.2) is 43.1 Å². The fourth-order valence-electron chi connectivity index (χ4n) is 2.41. The number of alkyl halides is 3. The molecule has 0 saturated heterocycles. The Labute approximate surface area is 175 Å². The molecule has 0 bridgehead atoms. The predicted molar refractivity (Wildman–Crippen MR) is 106 cm³/mol. The molecule has 0 aliphatic carbocycles. The van der Waals surface area contributed by atoms with Crippen molar-refractivity contribution in [3.63, 3.8) is 0 Å². The topological polar surface area (TPSA) is 118 Å². The summed E-state index contributed by atoms with van der Waals surface area (Å²) in [7, 11) is -4.23. The number of para-hydroxylation sites is 1. The molecule has 3 N–H and O–H groups in total. The van der Waals surface area contributed by atoms with Crippen molar-refractivity contribution >= 4 is 27.3 Å². The van der Waals surface area contributed by atoms with Crippen molar-refractivity contribution in [2.75, 3.05) is 23.7 Å². The monoisotopic (exact) mass is 454 g/mol. The third kappa shape index (κ3) is 6.79. The molecule has 3 rings (SSSR count). The van der Waals surface area contributed by atoms with Crippen molar-refractivity contribution in [2.45, 2.75) is 11.3 Å². The number of hydrogen-bond acceptors (Lipinski definition) is 8. The largest absolute Gasteiger partial charge is 0.573 e. The Balaban J connectivity index is 1.52. The normalized spacial score (nSPS) is 11.7. The molecule has 3 aromatic rings. The third-order valence-electron chi connectivity index (χ3n) is 3.70. The molecule has 2 aromatic heterocycles. The van der Waals surface area contributed by atoms with Crippen LogP contribution >= 0.6 is 0 Å². The predicted octanol–water partition coefficient (Wildman–Crippen LogP) is 2.90. The highest BCUT2D eigenvalue weighted by Gasteiger charge is 2.33. The minimum absolute atomic E-state index is 0.110. The van der Waals surface area contributed by atoms with Crippen LogP contribution in [0.2, 0.25) is 0 Å². The molecular formula is C18H17F3N6O3S. The molecule has 0 aliphatic rings. The lowest BCUT2D eigenvalue weighted by atomic mass is 10.3. The molecule has 0 amide bonds. The van der Waals surface area contributed by atoms with E-state index < -0.39 is 27.0 Å². The fourth-order valence-corrected chi connectivity index (χ4v) is 3.57. The molecule has 0 saturated carbocycles. The maximum Gasteiger partial charge on any atom is 0.573 e. The average molecular weight is 454 g/mol. The number of ether oxygens (including phenoxy) is 1. The van der Waals surface area contributed by atoms with E-state index in [9.17, 15) is 21.6 Å². The lowest BCUT2D eigenvalue weighted by Gasteiger charge is -2.14. The zero-order chi connectivity index (χ0) is 22.3. The van der Waals surface area contributed by atoms with Gasteiger partial charge in [0, 0.05) is 31.2 Å². The molecule has 1 aromatic carbocycles. The summed E-state index contributed by atoms with van der Waals surface area (Å²) in [6.45, 7) is 0.00865. The highest BCUT2D eigenvalue weighted by molar-refractivity contribution is 7.89. The number of anilines is 3. The average Bonchev–Trinajstić information content (AvgIpc) is 2.72. The summed E-state index contributed by atoms with van der Waals surface area (Å²) in [5, 5.41) is 13.8. The van der Waals surface area contributed by atoms with Crippen LogP contribution in [0.15, 0.2) is 65.8 Å². The molecule has 0 aliphatic heterocycles. The fraction of sp³-hybridized carbons (Fsp3) is 0.167. The first kappa shape index (κ1) is 22.2. The van der Waals surface area contributed by atoms with Gasteiger partial charge in [-0.05, 0) is 36.4 Å². The number of sulfonamides is 1. The Morgan fingerprint density at radius 2 is 1.58 bits per heavy atom. The van der Waals surface area contributed by atoms with E-state index >= 15 is 0 Å². The van der Waals surface area contributed by atoms with Crippen molar-refractivity contribution in [3.05, 3.63) is 60.9 Å². The summed E-state index contributed by atoms with van der Waals surface area (Å²) < 4.78 is 68.1. The molecule has 31 heavy (non-hydrogen) atoms. The van der Waals surface area contributed by atoms with Gasteiger partial charge >= 0.3 is 6.36 Å². The molecule has 0 spiro atoms. The summed E-state index contributed by atoms with van der Waals surface area (Å²) in [6.07, 6.45) is -1.76. The highest BCUT2D eigenvalue weighted by Crippen LogP contribution is 2.29. The minimum atomic E-state index is -5.01. The number of halogens is 3. The Kier molecular flexibility index (Phi) is 6.87. The Morgan fingerprint density at radius 1 is 0.903 bits per heavy atom. The van der Waals surface area contributed by atoms with Crippen LogP contribution in [0.25, 0.3) is 0 Å². The summed E-state index contributed by atoms with van der Waals surface area (Å²) in [5.74, 6) is 0.0811. The van der Waals surface area contributed by atoms with Crippen LogP contribution in [0.3, 0.4) is 0 Å². The van der Waals surface area contributed by atoms with E-state index in [1.807, 2.05) is 0 Å². The van der Waals surface area contributed by atoms with Crippen LogP contribution in [0.4, 0.5) is 30.5 Å². The number of pyridine rings is 1. The second kappa shape index (κ2) is 9.57. The van der Waals surface area contributed by atoms with Crippen LogP contribution < -0.4 is 20.1 Å². The van der Waals surface area contributed by atoms with Gasteiger partial charge in [0.25, 0.3) is 0 Å². The van der Waals surface area contributed by atoms with Gasteiger partial charge in [-0.15, -0.1) is 23.4 Å². The minimum Gasteiger partial charge on any atom is -0.404 e. The highest BCUT2D eigenvalue weighted by atomic mass is 32.2. The third-order valence-corrected chi connectivity index (χ3v) is 5.21. The van der Waals surface area contributed by atoms with Crippen molar-refractivity contribution in [3.8, 4) is 5.75 Å². The first-order chi connectivity index (χ1) is 14.7. The Bertz CT molecular complexity index is 1100. The van der Waals surface area contributed by atoms with E-state index in [-0.39, 0.29) is 13.1 Å². The second-order valence-electron chi connectivity index (χ2n) is 5.98. The van der Waals surface area contributed by atoms with Crippen LogP contribution in [-0.2, 0) is 10.0 Å². The van der Waals surface area contributed by atoms with Gasteiger partial charge in [-0.2, -0.15) is 0 Å². The number of hydrogen-bond donors (Lipinski definition) is 3. The molecule has 0 unspecified atom stereocenters. The Hall–Kier alpha value is -3.45. The van der Waals surface area contributed by atoms with Crippen molar-refractivity contribution in [2.24, 2.45) is 0 Å². The Morgan fingerprint density at radius 3 is 2.26 bits per heavy atom. The van der Waals surface area contributed by atoms with Crippen LogP contribution in [0.5, 0.6) is 5.75 Å². The zero-order valence-corrected chi connectivity index (χ0v) is 16.6. The van der Waals surface area contributed by atoms with Gasteiger partial charge < -0.3 is 15.4 Å². The number of nitrogens with zero attached hydrogens (tertiary/aromatic N) is 3. The van der Waals surface area contributed by atoms with E-state index in [1.54, 1.807) is 36.7 Å². The van der Waals surface area contributed by atoms with E-state index in [0.29, 0.717) is 11.6 Å². The maximum absolute atomic E-state index is 12.5. The van der Waals surface area contributed by atoms with Gasteiger partial charge in [-0.1, -0.05) is 12.1 Å². The number of benzene rings is 1. The molecule has 0 atom stereocenters. The van der Waals surface area contributed by atoms with Crippen molar-refractivity contribution in [1.82, 2.24) is 19.9 Å². The molecule has 0 radical (unpaired) electrons. The van der Waals surface area contributed by atoms with E-state index in [0.717, 1.165) is 17.8 Å². The molecular weight excluding hydrogens is 437 g/mol. The number of nitrogens with one attached hydrogen (secondary N) is 3. The lowest BCUT2D eigenvalue weighted by molar-refractivity contribution is -0.275. The first-order valence-corrected chi connectivity index (χ1v) is 10.3. The van der Waals surface area contributed by atoms with Gasteiger partial charge in [0.1, 0.15) is 16.5 Å². The van der Waals surface area contributed by atoms with Gasteiger partial charge in [0.2, 0.25) is 10.0 Å². The van der Waals surface area contributed by atoms with E-state index in [1.165, 1.54) is 12.1 Å². The summed E-state index contributed by atoms with van der Waals surface area (Å²) in [4.78, 5) is 3.30. The quantitative estimate of drug-likeness (QED) is 0.423. The molecule has 13 heteroatoms. The standard InChI is InChI=1S/C18H17F3N6O3S/c19-18(20,21)30-14-3-1-2-4-15(14)31(28,29)24-12-11-23-16-5-6-17(27-26-16)25-13-7-9-22-10-8-13/h1-10,24H,11-12H2,(H,23,26)(H,22,25,27). The van der Waals surface area contributed by atoms with Crippen LogP contribution in [0.1, 0.15) is 0 Å². The van der Waals surface area contributed by atoms with Gasteiger partial charge in [0.15, 0.2) is 5.82 Å². The second-order valence-corrected chi connectivity index (χ2v) is 7.72. The molecule has 164 valence electrons. The first-order valence-electron chi connectivity index (χ1n) is 8.82. The number of aromatic nitrogens is 3. The molecule has 2 heterocycles. The SMILES string of the molecule is O=S(=O)(NCCNc1ccc(Nc2ccncc2)nn1)c1ccccc1OC(F)(F)F. The smallest absolute Gasteiger partial charge is 0.404 e. The number of rotatable bonds is 9. The lowest BCUT2D eigenvalue weighted by Crippen LogP contribution is -2.30. The van der Waals surface area contributed by atoms with E-state index in [4.69, 9.17) is 0 Å². The maximum atomic E-state index is 12.5. The molecule has 9 nitrogen and oxygen atoms in total. The molecule has 0 fully saturated rings.